The summed E-state index contributed by atoms with van der Waals surface area (Å²) in [7, 11) is -1.44. The third-order valence-electron chi connectivity index (χ3n) is 1.16. The van der Waals surface area contributed by atoms with Crippen molar-refractivity contribution >= 4 is 18.5 Å². The van der Waals surface area contributed by atoms with E-state index in [0.29, 0.717) is 0 Å². The summed E-state index contributed by atoms with van der Waals surface area (Å²) in [6, 6.07) is 1.15. The lowest BCUT2D eigenvalue weighted by atomic mass is 10.6. The molecule has 0 heterocycles. The first-order valence-electron chi connectivity index (χ1n) is 2.95. The van der Waals surface area contributed by atoms with Crippen LogP contribution < -0.4 is 0 Å². The van der Waals surface area contributed by atoms with Crippen LogP contribution in [0.3, 0.4) is 0 Å². The zero-order valence-corrected chi connectivity index (χ0v) is 7.33. The molecule has 0 aromatic carbocycles. The molecule has 0 aromatic heterocycles. The van der Waals surface area contributed by atoms with Gasteiger partial charge in [0, 0.05) is 0 Å². The molecule has 0 aliphatic heterocycles. The van der Waals surface area contributed by atoms with Crippen molar-refractivity contribution in [2.75, 3.05) is 0 Å². The predicted molar refractivity (Wildman–Crippen MR) is 42.8 cm³/mol. The van der Waals surface area contributed by atoms with E-state index in [1.165, 1.54) is 6.42 Å². The molecule has 0 N–H and O–H groups in total. The Hall–Kier alpha value is 0.247. The van der Waals surface area contributed by atoms with Crippen LogP contribution in [0.4, 0.5) is 0 Å². The van der Waals surface area contributed by atoms with Crippen molar-refractivity contribution in [1.82, 2.24) is 0 Å². The molecule has 0 aromatic rings. The van der Waals surface area contributed by atoms with Crippen LogP contribution in [0.2, 0.25) is 12.6 Å². The van der Waals surface area contributed by atoms with E-state index < -0.39 is 7.38 Å². The van der Waals surface area contributed by atoms with Gasteiger partial charge >= 0.3 is 0 Å². The van der Waals surface area contributed by atoms with Crippen molar-refractivity contribution in [3.63, 3.8) is 0 Å². The summed E-state index contributed by atoms with van der Waals surface area (Å²) in [6.07, 6.45) is 1.18. The standard InChI is InChI=1S/C6H13ClSi/c1-4-6-8(3,7)5-2/h5H,2,4,6H2,1,3H3. The molecule has 0 nitrogen and oxygen atoms in total. The van der Waals surface area contributed by atoms with Gasteiger partial charge in [-0.1, -0.05) is 25.6 Å². The second-order valence-electron chi connectivity index (χ2n) is 2.23. The lowest BCUT2D eigenvalue weighted by molar-refractivity contribution is 1.06. The van der Waals surface area contributed by atoms with E-state index in [1.807, 2.05) is 5.70 Å². The lowest BCUT2D eigenvalue weighted by Crippen LogP contribution is -2.17. The molecular formula is C6H13ClSi. The normalized spacial score (nSPS) is 17.4. The molecule has 0 aliphatic rings. The van der Waals surface area contributed by atoms with Crippen LogP contribution in [0.15, 0.2) is 12.3 Å². The van der Waals surface area contributed by atoms with Crippen LogP contribution in [0, 0.1) is 0 Å². The molecular weight excluding hydrogens is 136 g/mol. The van der Waals surface area contributed by atoms with Crippen molar-refractivity contribution in [1.29, 1.82) is 0 Å². The Balaban J connectivity index is 3.53. The third-order valence-corrected chi connectivity index (χ3v) is 4.52. The Morgan fingerprint density at radius 3 is 2.38 bits per heavy atom. The second kappa shape index (κ2) is 3.31. The molecule has 48 valence electrons. The Bertz CT molecular complexity index is 78.6. The van der Waals surface area contributed by atoms with Crippen molar-refractivity contribution in [2.24, 2.45) is 0 Å². The highest BCUT2D eigenvalue weighted by atomic mass is 35.6. The molecule has 0 rings (SSSR count). The van der Waals surface area contributed by atoms with Gasteiger partial charge in [0.15, 0.2) is 7.38 Å². The van der Waals surface area contributed by atoms with E-state index in [4.69, 9.17) is 11.1 Å². The summed E-state index contributed by atoms with van der Waals surface area (Å²) in [5.74, 6) is 0. The summed E-state index contributed by atoms with van der Waals surface area (Å²) in [4.78, 5) is 0. The van der Waals surface area contributed by atoms with Crippen molar-refractivity contribution < 1.29 is 0 Å². The van der Waals surface area contributed by atoms with Crippen LogP contribution in [-0.2, 0) is 0 Å². The number of rotatable bonds is 3. The van der Waals surface area contributed by atoms with E-state index in [1.54, 1.807) is 0 Å². The van der Waals surface area contributed by atoms with E-state index in [2.05, 4.69) is 20.0 Å². The van der Waals surface area contributed by atoms with Gasteiger partial charge in [0.25, 0.3) is 0 Å². The quantitative estimate of drug-likeness (QED) is 0.427. The van der Waals surface area contributed by atoms with Gasteiger partial charge in [0.2, 0.25) is 0 Å². The fraction of sp³-hybridized carbons (Fsp3) is 0.667. The van der Waals surface area contributed by atoms with Gasteiger partial charge in [-0.3, -0.25) is 0 Å². The second-order valence-corrected chi connectivity index (χ2v) is 8.29. The van der Waals surface area contributed by atoms with Crippen LogP contribution in [0.25, 0.3) is 0 Å². The fourth-order valence-corrected chi connectivity index (χ4v) is 2.34. The summed E-state index contributed by atoms with van der Waals surface area (Å²) in [5.41, 5.74) is 1.93. The first kappa shape index (κ1) is 8.25. The first-order chi connectivity index (χ1) is 3.62. The molecule has 0 radical (unpaired) electrons. The first-order valence-corrected chi connectivity index (χ1v) is 6.74. The topological polar surface area (TPSA) is 0 Å². The van der Waals surface area contributed by atoms with Gasteiger partial charge in [-0.2, -0.15) is 11.1 Å². The Morgan fingerprint density at radius 1 is 1.75 bits per heavy atom. The maximum atomic E-state index is 6.04. The molecule has 0 aliphatic carbocycles. The Labute approximate surface area is 57.3 Å². The molecule has 1 unspecified atom stereocenters. The SMILES string of the molecule is C=C[Si](C)(Cl)CCC. The van der Waals surface area contributed by atoms with Gasteiger partial charge in [0.1, 0.15) is 0 Å². The molecule has 8 heavy (non-hydrogen) atoms. The highest BCUT2D eigenvalue weighted by Gasteiger charge is 2.16. The van der Waals surface area contributed by atoms with Crippen molar-refractivity contribution in [3.05, 3.63) is 12.3 Å². The molecule has 0 bridgehead atoms. The minimum Gasteiger partial charge on any atom is -0.162 e. The van der Waals surface area contributed by atoms with E-state index in [-0.39, 0.29) is 0 Å². The minimum absolute atomic E-state index is 1.15. The third kappa shape index (κ3) is 3.27. The van der Waals surface area contributed by atoms with E-state index in [9.17, 15) is 0 Å². The Kier molecular flexibility index (Phi) is 3.41. The maximum absolute atomic E-state index is 6.04. The molecule has 0 spiro atoms. The van der Waals surface area contributed by atoms with Crippen LogP contribution >= 0.6 is 11.1 Å². The van der Waals surface area contributed by atoms with Gasteiger partial charge in [-0.15, -0.1) is 6.58 Å². The highest BCUT2D eigenvalue weighted by Crippen LogP contribution is 2.16. The molecule has 1 atom stereocenters. The monoisotopic (exact) mass is 148 g/mol. The molecule has 2 heteroatoms. The lowest BCUT2D eigenvalue weighted by Gasteiger charge is -2.10. The molecule has 0 saturated carbocycles. The fourth-order valence-electron chi connectivity index (χ4n) is 0.591. The number of hydrogen-bond donors (Lipinski definition) is 0. The van der Waals surface area contributed by atoms with Crippen LogP contribution in [0.5, 0.6) is 0 Å². The zero-order valence-electron chi connectivity index (χ0n) is 5.58. The van der Waals surface area contributed by atoms with Gasteiger partial charge in [-0.25, -0.2) is 0 Å². The average molecular weight is 149 g/mol. The summed E-state index contributed by atoms with van der Waals surface area (Å²) < 4.78 is 0. The smallest absolute Gasteiger partial charge is 0.162 e. The Morgan fingerprint density at radius 2 is 2.25 bits per heavy atom. The van der Waals surface area contributed by atoms with E-state index in [0.717, 1.165) is 6.04 Å². The number of hydrogen-bond acceptors (Lipinski definition) is 0. The van der Waals surface area contributed by atoms with Gasteiger partial charge < -0.3 is 0 Å². The maximum Gasteiger partial charge on any atom is 0.176 e. The molecule has 0 fully saturated rings. The average Bonchev–Trinajstić information content (AvgIpc) is 1.67. The summed E-state index contributed by atoms with van der Waals surface area (Å²) in [6.45, 7) is 7.95. The van der Waals surface area contributed by atoms with Gasteiger partial charge in [0.05, 0.1) is 0 Å². The van der Waals surface area contributed by atoms with Gasteiger partial charge in [-0.05, 0) is 6.04 Å². The molecule has 0 amide bonds. The molecule has 0 saturated heterocycles. The van der Waals surface area contributed by atoms with E-state index >= 15 is 0 Å². The highest BCUT2D eigenvalue weighted by molar-refractivity contribution is 7.22. The van der Waals surface area contributed by atoms with Crippen molar-refractivity contribution in [3.8, 4) is 0 Å². The largest absolute Gasteiger partial charge is 0.176 e. The zero-order chi connectivity index (χ0) is 6.62. The summed E-state index contributed by atoms with van der Waals surface area (Å²) in [5, 5.41) is 0. The minimum atomic E-state index is -1.44. The number of halogens is 1. The van der Waals surface area contributed by atoms with Crippen molar-refractivity contribution in [2.45, 2.75) is 25.9 Å². The van der Waals surface area contributed by atoms with Crippen LogP contribution in [-0.4, -0.2) is 7.38 Å². The van der Waals surface area contributed by atoms with Crippen LogP contribution in [0.1, 0.15) is 13.3 Å². The summed E-state index contributed by atoms with van der Waals surface area (Å²) >= 11 is 6.04. The predicted octanol–water partition coefficient (Wildman–Crippen LogP) is 2.94.